The predicted octanol–water partition coefficient (Wildman–Crippen LogP) is -2.52. The number of aromatic nitrogens is 4. The van der Waals surface area contributed by atoms with Crippen LogP contribution in [0.5, 0.6) is 0 Å². The summed E-state index contributed by atoms with van der Waals surface area (Å²) in [6.45, 7) is 6.83. The highest BCUT2D eigenvalue weighted by atomic mass is 16.5. The summed E-state index contributed by atoms with van der Waals surface area (Å²) in [6, 6.07) is 1.43. The number of likely N-dealkylation sites (N-methyl/N-ethyl adjacent to an activating group) is 1. The second kappa shape index (κ2) is 31.4. The number of carbonyl (C=O) groups is 7. The molecule has 2 aromatic heterocycles. The lowest BCUT2D eigenvalue weighted by atomic mass is 9.98. The first-order valence-electron chi connectivity index (χ1n) is 25.1. The van der Waals surface area contributed by atoms with Gasteiger partial charge in [0.15, 0.2) is 5.96 Å². The highest BCUT2D eigenvalue weighted by Gasteiger charge is 2.32. The first-order chi connectivity index (χ1) is 35.5. The van der Waals surface area contributed by atoms with E-state index in [2.05, 4.69) is 51.8 Å². The Morgan fingerprint density at radius 2 is 1.54 bits per heavy atom. The van der Waals surface area contributed by atoms with Gasteiger partial charge in [-0.15, -0.1) is 0 Å². The number of amides is 7. The van der Waals surface area contributed by atoms with Crippen molar-refractivity contribution in [3.63, 3.8) is 0 Å². The van der Waals surface area contributed by atoms with Crippen LogP contribution in [0.2, 0.25) is 0 Å². The van der Waals surface area contributed by atoms with E-state index in [1.54, 1.807) is 24.1 Å². The van der Waals surface area contributed by atoms with Crippen molar-refractivity contribution in [2.75, 3.05) is 84.7 Å². The van der Waals surface area contributed by atoms with Crippen molar-refractivity contribution >= 4 is 63.9 Å². The number of imidazole rings is 1. The standard InChI is InChI=1S/C48H76N16O10/c1-5-31(2)42(49)45(70)60-37(9-6-7-15-54-39(65)13-14-40(66)55-17-22-74-24-23-73-4)47(72)63-20-18-62(19-21-63)33-11-12-35-34(26-33)46(71)64(30-58-35)28-41(67)59-36(10-8-16-56-48(50)51)44(69)61-38(43(68)52-3)25-32-27-53-29-57-32/h11-12,26-27,29-31,36-38,42H,5-10,13-25,28,49H2,1-4H3,(H,52,68)(H,53,57)(H,54,65)(H,55,66)(H,59,67)(H,60,70)(H,61,69)(H4,50,51,56)/t31-,36-,37-,38-,42-/m0/s1. The van der Waals surface area contributed by atoms with Crippen LogP contribution in [0.25, 0.3) is 10.9 Å². The smallest absolute Gasteiger partial charge is 0.261 e. The second-order valence-corrected chi connectivity index (χ2v) is 18.0. The SMILES string of the molecule is CC[C@H](C)[C@H](N)C(=O)N[C@@H](CCCCNC(=O)CCC(=O)NCCOCCOC)C(=O)N1CCN(c2ccc3ncn(CC(=O)N[C@@H](CCCN=C(N)N)C(=O)N[C@@H](Cc4cnc[nH]4)C(=O)NC)c(=O)c3c2)CC1. The highest BCUT2D eigenvalue weighted by Crippen LogP contribution is 2.21. The van der Waals surface area contributed by atoms with E-state index >= 15 is 0 Å². The van der Waals surface area contributed by atoms with Crippen LogP contribution in [-0.4, -0.2) is 176 Å². The maximum atomic E-state index is 14.1. The number of benzene rings is 1. The lowest BCUT2D eigenvalue weighted by Gasteiger charge is -2.38. The average Bonchev–Trinajstić information content (AvgIpc) is 3.92. The molecule has 74 heavy (non-hydrogen) atoms. The van der Waals surface area contributed by atoms with E-state index in [4.69, 9.17) is 26.7 Å². The largest absolute Gasteiger partial charge is 0.382 e. The first-order valence-corrected chi connectivity index (χ1v) is 25.1. The van der Waals surface area contributed by atoms with Gasteiger partial charge in [0.2, 0.25) is 41.4 Å². The Bertz CT molecular complexity index is 2390. The lowest BCUT2D eigenvalue weighted by molar-refractivity contribution is -0.137. The van der Waals surface area contributed by atoms with Crippen molar-refractivity contribution in [3.8, 4) is 0 Å². The van der Waals surface area contributed by atoms with Crippen LogP contribution in [-0.2, 0) is 56.0 Å². The highest BCUT2D eigenvalue weighted by molar-refractivity contribution is 5.93. The average molecular weight is 1040 g/mol. The molecule has 1 aromatic carbocycles. The Morgan fingerprint density at radius 3 is 2.20 bits per heavy atom. The number of nitrogens with zero attached hydrogens (tertiary/aromatic N) is 6. The van der Waals surface area contributed by atoms with Crippen LogP contribution in [0.1, 0.15) is 70.9 Å². The van der Waals surface area contributed by atoms with Gasteiger partial charge in [0, 0.05) is 96.8 Å². The molecule has 26 heteroatoms. The minimum Gasteiger partial charge on any atom is -0.382 e. The lowest BCUT2D eigenvalue weighted by Crippen LogP contribution is -2.57. The third-order valence-corrected chi connectivity index (χ3v) is 12.5. The van der Waals surface area contributed by atoms with Crippen LogP contribution in [0, 0.1) is 5.92 Å². The van der Waals surface area contributed by atoms with Crippen molar-refractivity contribution in [3.05, 3.63) is 53.1 Å². The summed E-state index contributed by atoms with van der Waals surface area (Å²) in [5.74, 6) is -3.21. The van der Waals surface area contributed by atoms with Gasteiger partial charge in [0.1, 0.15) is 24.7 Å². The van der Waals surface area contributed by atoms with E-state index in [0.29, 0.717) is 108 Å². The maximum absolute atomic E-state index is 14.1. The molecule has 0 radical (unpaired) electrons. The fourth-order valence-corrected chi connectivity index (χ4v) is 7.95. The molecule has 1 aliphatic rings. The molecule has 7 amide bonds. The number of fused-ring (bicyclic) bond motifs is 1. The number of anilines is 1. The number of piperazine rings is 1. The summed E-state index contributed by atoms with van der Waals surface area (Å²) < 4.78 is 11.4. The zero-order chi connectivity index (χ0) is 54.0. The number of H-pyrrole nitrogens is 1. The number of guanidine groups is 1. The van der Waals surface area contributed by atoms with E-state index < -0.39 is 59.9 Å². The number of carbonyl (C=O) groups excluding carboxylic acids is 7. The Balaban J connectivity index is 1.36. The fourth-order valence-electron chi connectivity index (χ4n) is 7.95. The van der Waals surface area contributed by atoms with Crippen LogP contribution < -0.4 is 59.6 Å². The number of nitrogens with two attached hydrogens (primary N) is 3. The van der Waals surface area contributed by atoms with Gasteiger partial charge >= 0.3 is 0 Å². The van der Waals surface area contributed by atoms with E-state index in [-0.39, 0.29) is 67.2 Å². The summed E-state index contributed by atoms with van der Waals surface area (Å²) in [4.78, 5) is 125. The summed E-state index contributed by atoms with van der Waals surface area (Å²) in [5, 5.41) is 16.6. The Kier molecular flexibility index (Phi) is 25.2. The monoisotopic (exact) mass is 1040 g/mol. The maximum Gasteiger partial charge on any atom is 0.261 e. The molecule has 3 heterocycles. The van der Waals surface area contributed by atoms with Crippen LogP contribution in [0.15, 0.2) is 46.8 Å². The molecule has 1 aliphatic heterocycles. The minimum atomic E-state index is -1.12. The molecule has 13 N–H and O–H groups in total. The molecule has 0 bridgehead atoms. The summed E-state index contributed by atoms with van der Waals surface area (Å²) in [6.07, 6.45) is 6.82. The molecule has 1 saturated heterocycles. The van der Waals surface area contributed by atoms with Crippen molar-refractivity contribution < 1.29 is 43.0 Å². The quantitative estimate of drug-likeness (QED) is 0.0175. The van der Waals surface area contributed by atoms with E-state index in [9.17, 15) is 38.4 Å². The molecule has 0 unspecified atom stereocenters. The molecule has 408 valence electrons. The molecule has 4 rings (SSSR count). The van der Waals surface area contributed by atoms with Gasteiger partial charge in [-0.3, -0.25) is 47.9 Å². The predicted molar refractivity (Wildman–Crippen MR) is 276 cm³/mol. The van der Waals surface area contributed by atoms with Crippen molar-refractivity contribution in [2.24, 2.45) is 28.1 Å². The Hall–Kier alpha value is -7.19. The second-order valence-electron chi connectivity index (χ2n) is 18.0. The molecule has 3 aromatic rings. The normalized spacial score (nSPS) is 14.4. The molecule has 26 nitrogen and oxygen atoms in total. The first kappa shape index (κ1) is 59.4. The number of aliphatic imine (C=N–C) groups is 1. The molecule has 0 spiro atoms. The number of hydrogen-bond acceptors (Lipinski definition) is 15. The number of ether oxygens (including phenoxy) is 2. The van der Waals surface area contributed by atoms with Crippen molar-refractivity contribution in [1.82, 2.24) is 56.3 Å². The van der Waals surface area contributed by atoms with Gasteiger partial charge in [-0.1, -0.05) is 20.3 Å². The number of methoxy groups -OCH3 is 1. The third-order valence-electron chi connectivity index (χ3n) is 12.5. The number of aromatic amines is 1. The number of unbranched alkanes of at least 4 members (excludes halogenated alkanes) is 1. The van der Waals surface area contributed by atoms with Crippen molar-refractivity contribution in [1.29, 1.82) is 0 Å². The number of rotatable bonds is 32. The van der Waals surface area contributed by atoms with Crippen molar-refractivity contribution in [2.45, 2.75) is 102 Å². The third kappa shape index (κ3) is 19.7. The van der Waals surface area contributed by atoms with Gasteiger partial charge < -0.3 is 73.4 Å². The Labute approximate surface area is 430 Å². The van der Waals surface area contributed by atoms with E-state index in [1.807, 2.05) is 24.8 Å². The van der Waals surface area contributed by atoms with Gasteiger partial charge in [-0.2, -0.15) is 0 Å². The summed E-state index contributed by atoms with van der Waals surface area (Å²) >= 11 is 0. The minimum absolute atomic E-state index is 0.0213. The molecule has 1 fully saturated rings. The summed E-state index contributed by atoms with van der Waals surface area (Å²) in [5.41, 5.74) is 18.4. The van der Waals surface area contributed by atoms with E-state index in [1.165, 1.54) is 25.9 Å². The van der Waals surface area contributed by atoms with Crippen LogP contribution in [0.3, 0.4) is 0 Å². The van der Waals surface area contributed by atoms with Crippen LogP contribution >= 0.6 is 0 Å². The van der Waals surface area contributed by atoms with Gasteiger partial charge in [-0.25, -0.2) is 9.97 Å². The fraction of sp³-hybridized carbons (Fsp3) is 0.604. The molecular weight excluding hydrogens is 961 g/mol. The van der Waals surface area contributed by atoms with Gasteiger partial charge in [0.25, 0.3) is 5.56 Å². The molecule has 0 aliphatic carbocycles. The van der Waals surface area contributed by atoms with Crippen LogP contribution in [0.4, 0.5) is 5.69 Å². The van der Waals surface area contributed by atoms with Gasteiger partial charge in [-0.05, 0) is 56.2 Å². The summed E-state index contributed by atoms with van der Waals surface area (Å²) in [7, 11) is 3.01. The number of nitrogens with one attached hydrogen (secondary N) is 7. The zero-order valence-corrected chi connectivity index (χ0v) is 43.0. The van der Waals surface area contributed by atoms with E-state index in [0.717, 1.165) is 4.57 Å². The number of hydrogen-bond donors (Lipinski definition) is 10. The van der Waals surface area contributed by atoms with Gasteiger partial charge in [0.05, 0.1) is 49.4 Å². The molecular formula is C48H76N16O10. The zero-order valence-electron chi connectivity index (χ0n) is 43.0. The molecule has 5 atom stereocenters. The molecule has 0 saturated carbocycles. The Morgan fingerprint density at radius 1 is 0.838 bits per heavy atom. The topological polar surface area (TPSA) is 371 Å².